The van der Waals surface area contributed by atoms with Gasteiger partial charge in [-0.25, -0.2) is 0 Å². The van der Waals surface area contributed by atoms with E-state index in [9.17, 15) is 0 Å². The van der Waals surface area contributed by atoms with Gasteiger partial charge in [0, 0.05) is 19.5 Å². The van der Waals surface area contributed by atoms with Crippen LogP contribution < -0.4 is 5.32 Å². The van der Waals surface area contributed by atoms with Gasteiger partial charge in [-0.15, -0.1) is 0 Å². The molecule has 1 aliphatic heterocycles. The average molecular weight is 231 g/mol. The fourth-order valence-electron chi connectivity index (χ4n) is 3.15. The Labute approximate surface area is 103 Å². The van der Waals surface area contributed by atoms with Crippen LogP contribution in [0.5, 0.6) is 0 Å². The van der Waals surface area contributed by atoms with Gasteiger partial charge in [0.1, 0.15) is 0 Å². The molecule has 2 nitrogen and oxygen atoms in total. The molecule has 0 amide bonds. The number of fused-ring (bicyclic) bond motifs is 1. The van der Waals surface area contributed by atoms with Gasteiger partial charge < -0.3 is 10.1 Å². The summed E-state index contributed by atoms with van der Waals surface area (Å²) in [4.78, 5) is 0. The molecule has 2 heteroatoms. The Hall–Kier alpha value is -0.860. The van der Waals surface area contributed by atoms with Crippen molar-refractivity contribution in [1.82, 2.24) is 5.32 Å². The molecule has 1 aliphatic carbocycles. The number of hydrogen-bond acceptors (Lipinski definition) is 2. The fourth-order valence-corrected chi connectivity index (χ4v) is 3.15. The minimum absolute atomic E-state index is 0.0628. The molecular formula is C15H21NO. The molecule has 92 valence electrons. The largest absolute Gasteiger partial charge is 0.369 e. The van der Waals surface area contributed by atoms with Crippen LogP contribution in [0.3, 0.4) is 0 Å². The molecule has 1 N–H and O–H groups in total. The van der Waals surface area contributed by atoms with E-state index in [4.69, 9.17) is 4.74 Å². The molecule has 0 radical (unpaired) electrons. The Balaban J connectivity index is 1.82. The second-order valence-electron chi connectivity index (χ2n) is 5.41. The van der Waals surface area contributed by atoms with Crippen molar-refractivity contribution in [2.75, 3.05) is 13.1 Å². The Bertz CT molecular complexity index is 404. The molecule has 1 heterocycles. The maximum atomic E-state index is 6.36. The molecule has 0 saturated carbocycles. The topological polar surface area (TPSA) is 21.3 Å². The lowest BCUT2D eigenvalue weighted by atomic mass is 9.79. The van der Waals surface area contributed by atoms with Gasteiger partial charge in [0.05, 0.1) is 11.7 Å². The molecule has 3 rings (SSSR count). The Kier molecular flexibility index (Phi) is 2.93. The normalized spacial score (nSPS) is 32.4. The molecule has 0 aromatic heterocycles. The van der Waals surface area contributed by atoms with Crippen molar-refractivity contribution in [3.63, 3.8) is 0 Å². The lowest BCUT2D eigenvalue weighted by Gasteiger charge is -2.44. The number of hydrogen-bond donors (Lipinski definition) is 1. The van der Waals surface area contributed by atoms with Crippen LogP contribution in [0.25, 0.3) is 0 Å². The van der Waals surface area contributed by atoms with Crippen molar-refractivity contribution in [3.8, 4) is 0 Å². The SMILES string of the molecule is CCC1CNCC2(CCc3ccccc3C2)O1. The average Bonchev–Trinajstić information content (AvgIpc) is 2.38. The van der Waals surface area contributed by atoms with Gasteiger partial charge in [-0.2, -0.15) is 0 Å². The van der Waals surface area contributed by atoms with Crippen LogP contribution in [0, 0.1) is 0 Å². The summed E-state index contributed by atoms with van der Waals surface area (Å²) in [5, 5.41) is 3.55. The van der Waals surface area contributed by atoms with Crippen molar-refractivity contribution in [2.24, 2.45) is 0 Å². The van der Waals surface area contributed by atoms with Gasteiger partial charge in [0.25, 0.3) is 0 Å². The zero-order valence-corrected chi connectivity index (χ0v) is 10.5. The molecule has 2 unspecified atom stereocenters. The molecular weight excluding hydrogens is 210 g/mol. The molecule has 17 heavy (non-hydrogen) atoms. The maximum Gasteiger partial charge on any atom is 0.0854 e. The third-order valence-corrected chi connectivity index (χ3v) is 4.17. The van der Waals surface area contributed by atoms with Crippen LogP contribution in [0.4, 0.5) is 0 Å². The smallest absolute Gasteiger partial charge is 0.0854 e. The van der Waals surface area contributed by atoms with Crippen LogP contribution in [0.15, 0.2) is 24.3 Å². The molecule has 1 spiro atoms. The minimum Gasteiger partial charge on any atom is -0.369 e. The van der Waals surface area contributed by atoms with Crippen molar-refractivity contribution >= 4 is 0 Å². The van der Waals surface area contributed by atoms with Crippen LogP contribution in [0.1, 0.15) is 30.9 Å². The zero-order chi connectivity index (χ0) is 11.7. The summed E-state index contributed by atoms with van der Waals surface area (Å²) in [6.45, 7) is 4.24. The minimum atomic E-state index is 0.0628. The Morgan fingerprint density at radius 3 is 3.00 bits per heavy atom. The van der Waals surface area contributed by atoms with Crippen LogP contribution in [-0.2, 0) is 17.6 Å². The molecule has 1 aromatic rings. The van der Waals surface area contributed by atoms with E-state index in [1.54, 1.807) is 0 Å². The molecule has 1 aromatic carbocycles. The summed E-state index contributed by atoms with van der Waals surface area (Å²) in [7, 11) is 0. The lowest BCUT2D eigenvalue weighted by Crippen LogP contribution is -2.56. The van der Waals surface area contributed by atoms with Gasteiger partial charge >= 0.3 is 0 Å². The van der Waals surface area contributed by atoms with Gasteiger partial charge in [-0.05, 0) is 30.4 Å². The fraction of sp³-hybridized carbons (Fsp3) is 0.600. The third kappa shape index (κ3) is 2.12. The van der Waals surface area contributed by atoms with Gasteiger partial charge in [0.15, 0.2) is 0 Å². The molecule has 2 atom stereocenters. The number of rotatable bonds is 1. The van der Waals surface area contributed by atoms with Gasteiger partial charge in [-0.1, -0.05) is 31.2 Å². The molecule has 1 saturated heterocycles. The monoisotopic (exact) mass is 231 g/mol. The predicted molar refractivity (Wildman–Crippen MR) is 69.2 cm³/mol. The van der Waals surface area contributed by atoms with E-state index in [2.05, 4.69) is 36.5 Å². The third-order valence-electron chi connectivity index (χ3n) is 4.17. The number of morpholine rings is 1. The zero-order valence-electron chi connectivity index (χ0n) is 10.5. The van der Waals surface area contributed by atoms with E-state index in [-0.39, 0.29) is 5.60 Å². The molecule has 1 fully saturated rings. The summed E-state index contributed by atoms with van der Waals surface area (Å²) in [6.07, 6.45) is 4.90. The first-order valence-corrected chi connectivity index (χ1v) is 6.77. The van der Waals surface area contributed by atoms with Gasteiger partial charge in [0.2, 0.25) is 0 Å². The van der Waals surface area contributed by atoms with E-state index in [1.165, 1.54) is 11.1 Å². The van der Waals surface area contributed by atoms with Crippen molar-refractivity contribution in [3.05, 3.63) is 35.4 Å². The number of nitrogens with one attached hydrogen (secondary N) is 1. The second kappa shape index (κ2) is 4.43. The Morgan fingerprint density at radius 2 is 2.18 bits per heavy atom. The number of aryl methyl sites for hydroxylation is 1. The highest BCUT2D eigenvalue weighted by Crippen LogP contribution is 2.34. The first-order chi connectivity index (χ1) is 8.31. The number of benzene rings is 1. The second-order valence-corrected chi connectivity index (χ2v) is 5.41. The standard InChI is InChI=1S/C15H21NO/c1-2-14-10-16-11-15(17-14)8-7-12-5-3-4-6-13(12)9-15/h3-6,14,16H,2,7-11H2,1H3. The first kappa shape index (κ1) is 11.2. The lowest BCUT2D eigenvalue weighted by molar-refractivity contribution is -0.123. The van der Waals surface area contributed by atoms with Gasteiger partial charge in [-0.3, -0.25) is 0 Å². The Morgan fingerprint density at radius 1 is 1.35 bits per heavy atom. The van der Waals surface area contributed by atoms with Crippen LogP contribution in [0.2, 0.25) is 0 Å². The molecule has 0 bridgehead atoms. The summed E-state index contributed by atoms with van der Waals surface area (Å²) < 4.78 is 6.36. The first-order valence-electron chi connectivity index (χ1n) is 6.77. The maximum absolute atomic E-state index is 6.36. The summed E-state index contributed by atoms with van der Waals surface area (Å²) in [6, 6.07) is 8.81. The summed E-state index contributed by atoms with van der Waals surface area (Å²) in [5.74, 6) is 0. The van der Waals surface area contributed by atoms with Crippen molar-refractivity contribution < 1.29 is 4.74 Å². The van der Waals surface area contributed by atoms with Crippen molar-refractivity contribution in [1.29, 1.82) is 0 Å². The highest BCUT2D eigenvalue weighted by atomic mass is 16.5. The number of ether oxygens (including phenoxy) is 1. The van der Waals surface area contributed by atoms with E-state index in [1.807, 2.05) is 0 Å². The van der Waals surface area contributed by atoms with Crippen LogP contribution in [-0.4, -0.2) is 24.8 Å². The summed E-state index contributed by atoms with van der Waals surface area (Å²) in [5.41, 5.74) is 3.06. The highest BCUT2D eigenvalue weighted by molar-refractivity contribution is 5.32. The predicted octanol–water partition coefficient (Wildman–Crippen LogP) is 2.31. The van der Waals surface area contributed by atoms with E-state index < -0.39 is 0 Å². The van der Waals surface area contributed by atoms with Crippen molar-refractivity contribution in [2.45, 2.75) is 44.3 Å². The van der Waals surface area contributed by atoms with E-state index in [0.29, 0.717) is 6.10 Å². The molecule has 2 aliphatic rings. The van der Waals surface area contributed by atoms with E-state index >= 15 is 0 Å². The highest BCUT2D eigenvalue weighted by Gasteiger charge is 2.39. The summed E-state index contributed by atoms with van der Waals surface area (Å²) >= 11 is 0. The quantitative estimate of drug-likeness (QED) is 0.801. The van der Waals surface area contributed by atoms with Crippen LogP contribution >= 0.6 is 0 Å². The van der Waals surface area contributed by atoms with E-state index in [0.717, 1.165) is 38.8 Å².